The molecule has 1 fully saturated rings. The van der Waals surface area contributed by atoms with E-state index >= 15 is 0 Å². The van der Waals surface area contributed by atoms with E-state index < -0.39 is 0 Å². The summed E-state index contributed by atoms with van der Waals surface area (Å²) in [7, 11) is 0. The molecule has 3 rings (SSSR count). The van der Waals surface area contributed by atoms with Crippen molar-refractivity contribution < 1.29 is 4.79 Å². The van der Waals surface area contributed by atoms with E-state index in [4.69, 9.17) is 12.2 Å². The molecule has 1 amide bonds. The van der Waals surface area contributed by atoms with Gasteiger partial charge in [0, 0.05) is 31.5 Å². The van der Waals surface area contributed by atoms with Gasteiger partial charge in [-0.3, -0.25) is 9.78 Å². The highest BCUT2D eigenvalue weighted by atomic mass is 32.1. The normalized spacial score (nSPS) is 18.7. The van der Waals surface area contributed by atoms with Crippen molar-refractivity contribution in [1.82, 2.24) is 20.5 Å². The molecule has 2 N–H and O–H groups in total. The molecule has 1 aliphatic rings. The van der Waals surface area contributed by atoms with E-state index in [1.807, 2.05) is 36.5 Å². The monoisotopic (exact) mass is 410 g/mol. The molecule has 1 aromatic heterocycles. The van der Waals surface area contributed by atoms with Crippen LogP contribution in [0.5, 0.6) is 0 Å². The largest absolute Gasteiger partial charge is 0.353 e. The van der Waals surface area contributed by atoms with E-state index in [1.54, 1.807) is 6.20 Å². The summed E-state index contributed by atoms with van der Waals surface area (Å²) in [5.74, 6) is 0.779. The predicted molar refractivity (Wildman–Crippen MR) is 120 cm³/mol. The maximum Gasteiger partial charge on any atom is 0.239 e. The van der Waals surface area contributed by atoms with Gasteiger partial charge in [0.1, 0.15) is 0 Å². The van der Waals surface area contributed by atoms with E-state index in [9.17, 15) is 4.79 Å². The number of amides is 1. The quantitative estimate of drug-likeness (QED) is 0.683. The van der Waals surface area contributed by atoms with Crippen molar-refractivity contribution in [3.05, 3.63) is 66.0 Å². The number of aromatic nitrogens is 1. The van der Waals surface area contributed by atoms with E-state index in [0.29, 0.717) is 24.2 Å². The molecule has 6 heteroatoms. The SMILES string of the molecule is CC1CCC(NC(=O)CNC(=S)N(Cc2ccccc2)Cc2cccnc2)CC1. The summed E-state index contributed by atoms with van der Waals surface area (Å²) in [6.07, 6.45) is 8.12. The third kappa shape index (κ3) is 7.13. The Kier molecular flexibility index (Phi) is 7.99. The second-order valence-corrected chi connectivity index (χ2v) is 8.27. The van der Waals surface area contributed by atoms with Crippen LogP contribution in [0.3, 0.4) is 0 Å². The molecule has 1 saturated carbocycles. The standard InChI is InChI=1S/C23H30N4OS/c1-18-9-11-21(12-10-18)26-22(28)15-25-23(29)27(16-19-6-3-2-4-7-19)17-20-8-5-13-24-14-20/h2-8,13-14,18,21H,9-12,15-17H2,1H3,(H,25,29)(H,26,28). The number of hydrogen-bond donors (Lipinski definition) is 2. The van der Waals surface area contributed by atoms with Crippen LogP contribution in [0.4, 0.5) is 0 Å². The van der Waals surface area contributed by atoms with Gasteiger partial charge in [0.2, 0.25) is 5.91 Å². The van der Waals surface area contributed by atoms with Crippen molar-refractivity contribution in [2.45, 2.75) is 51.7 Å². The molecular formula is C23H30N4OS. The van der Waals surface area contributed by atoms with Gasteiger partial charge in [-0.05, 0) is 61.0 Å². The lowest BCUT2D eigenvalue weighted by atomic mass is 9.87. The van der Waals surface area contributed by atoms with Crippen molar-refractivity contribution >= 4 is 23.2 Å². The highest BCUT2D eigenvalue weighted by Crippen LogP contribution is 2.23. The zero-order valence-electron chi connectivity index (χ0n) is 17.0. The zero-order chi connectivity index (χ0) is 20.5. The molecule has 1 heterocycles. The van der Waals surface area contributed by atoms with Crippen LogP contribution in [-0.4, -0.2) is 33.5 Å². The van der Waals surface area contributed by atoms with Crippen LogP contribution in [-0.2, 0) is 17.9 Å². The smallest absolute Gasteiger partial charge is 0.239 e. The summed E-state index contributed by atoms with van der Waals surface area (Å²) in [6.45, 7) is 3.78. The van der Waals surface area contributed by atoms with Crippen molar-refractivity contribution in [2.24, 2.45) is 5.92 Å². The Morgan fingerprint density at radius 2 is 1.76 bits per heavy atom. The molecule has 0 radical (unpaired) electrons. The van der Waals surface area contributed by atoms with Crippen LogP contribution in [0.15, 0.2) is 54.9 Å². The molecule has 0 atom stereocenters. The fourth-order valence-corrected chi connectivity index (χ4v) is 3.87. The van der Waals surface area contributed by atoms with E-state index in [0.717, 1.165) is 24.3 Å². The van der Waals surface area contributed by atoms with Crippen molar-refractivity contribution in [3.63, 3.8) is 0 Å². The highest BCUT2D eigenvalue weighted by Gasteiger charge is 2.20. The lowest BCUT2D eigenvalue weighted by Gasteiger charge is -2.28. The summed E-state index contributed by atoms with van der Waals surface area (Å²) < 4.78 is 0. The van der Waals surface area contributed by atoms with Gasteiger partial charge in [-0.1, -0.05) is 43.3 Å². The first-order chi connectivity index (χ1) is 14.1. The molecule has 154 valence electrons. The lowest BCUT2D eigenvalue weighted by molar-refractivity contribution is -0.121. The summed E-state index contributed by atoms with van der Waals surface area (Å²) in [6, 6.07) is 14.5. The molecule has 0 bridgehead atoms. The number of thiocarbonyl (C=S) groups is 1. The predicted octanol–water partition coefficient (Wildman–Crippen LogP) is 3.65. The number of carbonyl (C=O) groups excluding carboxylic acids is 1. The minimum Gasteiger partial charge on any atom is -0.353 e. The molecule has 0 aliphatic heterocycles. The lowest BCUT2D eigenvalue weighted by Crippen LogP contribution is -2.46. The maximum absolute atomic E-state index is 12.4. The minimum atomic E-state index is 0.00735. The molecule has 0 unspecified atom stereocenters. The first-order valence-electron chi connectivity index (χ1n) is 10.3. The Balaban J connectivity index is 1.54. The summed E-state index contributed by atoms with van der Waals surface area (Å²) in [5, 5.41) is 6.86. The van der Waals surface area contributed by atoms with Gasteiger partial charge in [-0.2, -0.15) is 0 Å². The Morgan fingerprint density at radius 1 is 1.07 bits per heavy atom. The third-order valence-corrected chi connectivity index (χ3v) is 5.78. The van der Waals surface area contributed by atoms with Gasteiger partial charge < -0.3 is 15.5 Å². The van der Waals surface area contributed by atoms with Crippen LogP contribution in [0, 0.1) is 5.92 Å². The number of rotatable bonds is 7. The Labute approximate surface area is 178 Å². The number of carbonyl (C=O) groups is 1. The number of hydrogen-bond acceptors (Lipinski definition) is 3. The average molecular weight is 411 g/mol. The van der Waals surface area contributed by atoms with Crippen LogP contribution >= 0.6 is 12.2 Å². The molecule has 0 spiro atoms. The topological polar surface area (TPSA) is 57.3 Å². The number of nitrogens with zero attached hydrogens (tertiary/aromatic N) is 2. The van der Waals surface area contributed by atoms with Gasteiger partial charge in [0.15, 0.2) is 5.11 Å². The Morgan fingerprint density at radius 3 is 2.45 bits per heavy atom. The van der Waals surface area contributed by atoms with E-state index in [2.05, 4.69) is 39.6 Å². The Hall–Kier alpha value is -2.47. The molecule has 1 aromatic carbocycles. The first kappa shape index (κ1) is 21.2. The molecule has 2 aromatic rings. The van der Waals surface area contributed by atoms with Crippen molar-refractivity contribution in [2.75, 3.05) is 6.54 Å². The highest BCUT2D eigenvalue weighted by molar-refractivity contribution is 7.80. The van der Waals surface area contributed by atoms with Gasteiger partial charge >= 0.3 is 0 Å². The molecule has 0 saturated heterocycles. The van der Waals surface area contributed by atoms with Crippen LogP contribution in [0.1, 0.15) is 43.7 Å². The second-order valence-electron chi connectivity index (χ2n) is 7.89. The fourth-order valence-electron chi connectivity index (χ4n) is 3.67. The van der Waals surface area contributed by atoms with Gasteiger partial charge in [-0.15, -0.1) is 0 Å². The molecule has 5 nitrogen and oxygen atoms in total. The van der Waals surface area contributed by atoms with E-state index in [1.165, 1.54) is 18.4 Å². The maximum atomic E-state index is 12.4. The van der Waals surface area contributed by atoms with Crippen LogP contribution in [0.25, 0.3) is 0 Å². The third-order valence-electron chi connectivity index (χ3n) is 5.38. The molecular weight excluding hydrogens is 380 g/mol. The first-order valence-corrected chi connectivity index (χ1v) is 10.8. The van der Waals surface area contributed by atoms with Crippen LogP contribution in [0.2, 0.25) is 0 Å². The average Bonchev–Trinajstić information content (AvgIpc) is 2.75. The summed E-state index contributed by atoms with van der Waals surface area (Å²) in [5.41, 5.74) is 2.25. The molecule has 1 aliphatic carbocycles. The summed E-state index contributed by atoms with van der Waals surface area (Å²) >= 11 is 5.63. The van der Waals surface area contributed by atoms with Gasteiger partial charge in [0.05, 0.1) is 6.54 Å². The fraction of sp³-hybridized carbons (Fsp3) is 0.435. The molecule has 29 heavy (non-hydrogen) atoms. The van der Waals surface area contributed by atoms with Crippen LogP contribution < -0.4 is 10.6 Å². The van der Waals surface area contributed by atoms with Gasteiger partial charge in [0.25, 0.3) is 0 Å². The summed E-state index contributed by atoms with van der Waals surface area (Å²) in [4.78, 5) is 18.6. The minimum absolute atomic E-state index is 0.00735. The van der Waals surface area contributed by atoms with E-state index in [-0.39, 0.29) is 12.5 Å². The number of nitrogens with one attached hydrogen (secondary N) is 2. The zero-order valence-corrected chi connectivity index (χ0v) is 17.8. The van der Waals surface area contributed by atoms with Crippen molar-refractivity contribution in [1.29, 1.82) is 0 Å². The van der Waals surface area contributed by atoms with Crippen molar-refractivity contribution in [3.8, 4) is 0 Å². The second kappa shape index (κ2) is 10.9. The number of benzene rings is 1. The number of pyridine rings is 1. The van der Waals surface area contributed by atoms with Gasteiger partial charge in [-0.25, -0.2) is 0 Å². The Bertz CT molecular complexity index is 734.